The van der Waals surface area contributed by atoms with E-state index in [4.69, 9.17) is 4.74 Å². The van der Waals surface area contributed by atoms with Crippen LogP contribution in [-0.4, -0.2) is 89.2 Å². The zero-order valence-corrected chi connectivity index (χ0v) is 24.1. The van der Waals surface area contributed by atoms with Crippen LogP contribution in [0.1, 0.15) is 68.6 Å². The molecule has 4 rings (SSSR count). The molecule has 0 unspecified atom stereocenters. The molecule has 1 aliphatic heterocycles. The molecule has 2 atom stereocenters. The topological polar surface area (TPSA) is 106 Å². The maximum absolute atomic E-state index is 13.4. The van der Waals surface area contributed by atoms with Crippen LogP contribution in [0.25, 0.3) is 0 Å². The number of ether oxygens (including phenoxy) is 1. The zero-order chi connectivity index (χ0) is 30.5. The number of pyridine rings is 1. The molecule has 3 aromatic rings. The van der Waals surface area contributed by atoms with Gasteiger partial charge in [0.2, 0.25) is 0 Å². The normalized spacial score (nSPS) is 17.6. The zero-order valence-electron chi connectivity index (χ0n) is 23.3. The van der Waals surface area contributed by atoms with Crippen LogP contribution in [0, 0.1) is 0 Å². The van der Waals surface area contributed by atoms with E-state index in [1.165, 1.54) is 12.1 Å². The van der Waals surface area contributed by atoms with Gasteiger partial charge < -0.3 is 9.84 Å². The molecule has 0 radical (unpaired) electrons. The van der Waals surface area contributed by atoms with Gasteiger partial charge in [0.25, 0.3) is 10.0 Å². The standard InChI is InChI=1S/C31H33F3N2O5S.2Na.2H/c1-3-16-30(17-15-21-9-6-5-7-10-21)19-26(37)28(29(38)41-30)25(4-2)22-11-8-12-24(18-22)36-42(39,40)27-14-13-23(20-35-27)31(32,33)34;;;;/h5-14,18,20,25,36-37H,3-4,15-17,19H2,1-2H3;;;;/t25-,30-;;;;/m1..../s1. The van der Waals surface area contributed by atoms with E-state index in [0.717, 1.165) is 18.1 Å². The minimum atomic E-state index is -4.65. The fourth-order valence-electron chi connectivity index (χ4n) is 5.37. The number of halogens is 3. The number of nitrogens with zero attached hydrogens (tertiary/aromatic N) is 1. The number of carbonyl (C=O) groups excluding carboxylic acids is 1. The number of hydrogen-bond acceptors (Lipinski definition) is 6. The molecule has 0 amide bonds. The average Bonchev–Trinajstić information content (AvgIpc) is 2.94. The van der Waals surface area contributed by atoms with Crippen molar-refractivity contribution in [2.75, 3.05) is 4.72 Å². The summed E-state index contributed by atoms with van der Waals surface area (Å²) in [5.74, 6) is -1.23. The molecule has 228 valence electrons. The predicted octanol–water partition coefficient (Wildman–Crippen LogP) is 6.03. The summed E-state index contributed by atoms with van der Waals surface area (Å²) in [5.41, 5.74) is 0.0252. The van der Waals surface area contributed by atoms with E-state index in [-0.39, 0.29) is 82.6 Å². The Morgan fingerprint density at radius 1 is 1.02 bits per heavy atom. The Balaban J connectivity index is 0.00000337. The van der Waals surface area contributed by atoms with Gasteiger partial charge in [-0.05, 0) is 61.1 Å². The van der Waals surface area contributed by atoms with Crippen LogP contribution < -0.4 is 4.72 Å². The van der Waals surface area contributed by atoms with Crippen molar-refractivity contribution >= 4 is 80.8 Å². The van der Waals surface area contributed by atoms with Gasteiger partial charge in [0.1, 0.15) is 11.4 Å². The fraction of sp³-hybridized carbons (Fsp3) is 0.355. The molecule has 0 spiro atoms. The summed E-state index contributed by atoms with van der Waals surface area (Å²) in [6.45, 7) is 3.83. The number of benzene rings is 2. The average molecular weight is 651 g/mol. The Morgan fingerprint density at radius 2 is 1.73 bits per heavy atom. The number of nitrogens with one attached hydrogen (secondary N) is 1. The van der Waals surface area contributed by atoms with E-state index < -0.39 is 44.3 Å². The molecule has 1 aromatic heterocycles. The predicted molar refractivity (Wildman–Crippen MR) is 167 cm³/mol. The first kappa shape index (κ1) is 38.3. The Kier molecular flexibility index (Phi) is 14.0. The second-order valence-corrected chi connectivity index (χ2v) is 12.0. The van der Waals surface area contributed by atoms with Crippen LogP contribution in [0.5, 0.6) is 0 Å². The van der Waals surface area contributed by atoms with Crippen LogP contribution in [0.4, 0.5) is 18.9 Å². The van der Waals surface area contributed by atoms with Gasteiger partial charge in [0, 0.05) is 24.2 Å². The van der Waals surface area contributed by atoms with Crippen molar-refractivity contribution in [3.8, 4) is 0 Å². The van der Waals surface area contributed by atoms with Crippen molar-refractivity contribution in [2.24, 2.45) is 0 Å². The number of rotatable bonds is 11. The SMILES string of the molecule is CCC[C@@]1(CCc2ccccc2)CC(O)=C([C@H](CC)c2cccc(NS(=O)(=O)c3ccc(C(F)(F)F)cn3)c2)C(=O)O1.[NaH].[NaH]. The molecule has 2 heterocycles. The number of hydrogen-bond donors (Lipinski definition) is 2. The summed E-state index contributed by atoms with van der Waals surface area (Å²) in [6, 6.07) is 17.6. The Hall–Kier alpha value is -1.86. The van der Waals surface area contributed by atoms with Crippen LogP contribution in [0.3, 0.4) is 0 Å². The van der Waals surface area contributed by atoms with Gasteiger partial charge in [-0.3, -0.25) is 4.72 Å². The molecular formula is C31H35F3N2Na2O5S. The summed E-state index contributed by atoms with van der Waals surface area (Å²) in [4.78, 5) is 16.9. The maximum atomic E-state index is 13.4. The number of aliphatic hydroxyl groups excluding tert-OH is 1. The number of cyclic esters (lactones) is 1. The van der Waals surface area contributed by atoms with E-state index in [9.17, 15) is 31.5 Å². The van der Waals surface area contributed by atoms with E-state index in [0.29, 0.717) is 43.5 Å². The van der Waals surface area contributed by atoms with Crippen LogP contribution >= 0.6 is 0 Å². The molecular weight excluding hydrogens is 615 g/mol. The van der Waals surface area contributed by atoms with E-state index in [1.807, 2.05) is 44.2 Å². The van der Waals surface area contributed by atoms with Crippen molar-refractivity contribution < 1.29 is 36.2 Å². The number of anilines is 1. The first-order valence-electron chi connectivity index (χ1n) is 13.7. The molecule has 2 aromatic carbocycles. The van der Waals surface area contributed by atoms with Crippen molar-refractivity contribution in [3.63, 3.8) is 0 Å². The van der Waals surface area contributed by atoms with E-state index in [1.54, 1.807) is 12.1 Å². The second kappa shape index (κ2) is 16.1. The van der Waals surface area contributed by atoms with Crippen LogP contribution in [0.2, 0.25) is 0 Å². The first-order valence-corrected chi connectivity index (χ1v) is 15.2. The molecule has 2 N–H and O–H groups in total. The molecule has 0 saturated heterocycles. The van der Waals surface area contributed by atoms with Crippen LogP contribution in [-0.2, 0) is 32.2 Å². The molecule has 7 nitrogen and oxygen atoms in total. The van der Waals surface area contributed by atoms with E-state index >= 15 is 0 Å². The number of aromatic nitrogens is 1. The first-order chi connectivity index (χ1) is 19.9. The third-order valence-corrected chi connectivity index (χ3v) is 8.68. The molecule has 0 bridgehead atoms. The number of carbonyl (C=O) groups is 1. The van der Waals surface area contributed by atoms with Crippen molar-refractivity contribution in [2.45, 2.75) is 75.1 Å². The quantitative estimate of drug-likeness (QED) is 0.194. The summed E-state index contributed by atoms with van der Waals surface area (Å²) in [5, 5.41) is 10.6. The molecule has 0 fully saturated rings. The minimum absolute atomic E-state index is 0. The van der Waals surface area contributed by atoms with Gasteiger partial charge in [-0.1, -0.05) is 62.7 Å². The van der Waals surface area contributed by atoms with Crippen molar-refractivity contribution in [1.82, 2.24) is 4.98 Å². The third-order valence-electron chi connectivity index (χ3n) is 7.38. The molecule has 0 aliphatic carbocycles. The number of aryl methyl sites for hydroxylation is 1. The Labute approximate surface area is 300 Å². The van der Waals surface area contributed by atoms with Gasteiger partial charge in [-0.15, -0.1) is 0 Å². The number of aliphatic hydroxyl groups is 1. The summed E-state index contributed by atoms with van der Waals surface area (Å²) in [6.07, 6.45) is -1.00. The second-order valence-electron chi connectivity index (χ2n) is 10.4. The monoisotopic (exact) mass is 650 g/mol. The molecule has 13 heteroatoms. The summed E-state index contributed by atoms with van der Waals surface area (Å²) < 4.78 is 72.6. The Bertz CT molecular complexity index is 1550. The van der Waals surface area contributed by atoms with Gasteiger partial charge in [0.05, 0.1) is 11.1 Å². The van der Waals surface area contributed by atoms with Gasteiger partial charge in [-0.2, -0.15) is 21.6 Å². The van der Waals surface area contributed by atoms with Crippen molar-refractivity contribution in [1.29, 1.82) is 0 Å². The number of alkyl halides is 3. The Morgan fingerprint density at radius 3 is 2.30 bits per heavy atom. The van der Waals surface area contributed by atoms with Gasteiger partial charge in [0.15, 0.2) is 5.03 Å². The number of sulfonamides is 1. The summed E-state index contributed by atoms with van der Waals surface area (Å²) in [7, 11) is -4.30. The van der Waals surface area contributed by atoms with Gasteiger partial charge >= 0.3 is 71.3 Å². The third kappa shape index (κ3) is 9.34. The van der Waals surface area contributed by atoms with Crippen LogP contribution in [0.15, 0.2) is 89.3 Å². The van der Waals surface area contributed by atoms with Gasteiger partial charge in [-0.25, -0.2) is 9.78 Å². The summed E-state index contributed by atoms with van der Waals surface area (Å²) >= 11 is 0. The van der Waals surface area contributed by atoms with Crippen molar-refractivity contribution in [3.05, 3.63) is 101 Å². The molecule has 44 heavy (non-hydrogen) atoms. The van der Waals surface area contributed by atoms with E-state index in [2.05, 4.69) is 9.71 Å². The molecule has 1 aliphatic rings. The number of esters is 1. The fourth-order valence-corrected chi connectivity index (χ4v) is 6.35. The molecule has 0 saturated carbocycles.